The van der Waals surface area contributed by atoms with Crippen LogP contribution >= 0.6 is 11.6 Å². The molecular weight excluding hydrogens is 420 g/mol. The zero-order chi connectivity index (χ0) is 22.2. The van der Waals surface area contributed by atoms with Crippen LogP contribution in [0.1, 0.15) is 18.9 Å². The van der Waals surface area contributed by atoms with Crippen LogP contribution in [0, 0.1) is 6.92 Å². The molecule has 0 spiro atoms. The maximum atomic E-state index is 12.6. The maximum Gasteiger partial charge on any atom is 0.418 e. The van der Waals surface area contributed by atoms with Crippen molar-refractivity contribution >= 4 is 29.1 Å². The topological polar surface area (TPSA) is 97.6 Å². The maximum absolute atomic E-state index is 12.6. The van der Waals surface area contributed by atoms with Crippen LogP contribution in [0.15, 0.2) is 53.1 Å². The van der Waals surface area contributed by atoms with Gasteiger partial charge >= 0.3 is 6.08 Å². The first kappa shape index (κ1) is 22.3. The third kappa shape index (κ3) is 6.05. The van der Waals surface area contributed by atoms with Gasteiger partial charge in [-0.1, -0.05) is 54.0 Å². The number of aryl methyl sites for hydroxylation is 1. The quantitative estimate of drug-likeness (QED) is 0.538. The van der Waals surface area contributed by atoms with Crippen molar-refractivity contribution in [2.45, 2.75) is 20.3 Å². The van der Waals surface area contributed by atoms with Crippen LogP contribution < -0.4 is 10.1 Å². The molecule has 0 aliphatic rings. The number of carbonyl (C=O) groups excluding carboxylic acids is 2. The second-order valence-electron chi connectivity index (χ2n) is 6.83. The van der Waals surface area contributed by atoms with Gasteiger partial charge in [-0.25, -0.2) is 0 Å². The van der Waals surface area contributed by atoms with E-state index in [1.54, 1.807) is 24.3 Å². The Morgan fingerprint density at radius 2 is 1.90 bits per heavy atom. The third-order valence-corrected chi connectivity index (χ3v) is 4.77. The van der Waals surface area contributed by atoms with Crippen LogP contribution in [0.5, 0.6) is 6.08 Å². The van der Waals surface area contributed by atoms with Gasteiger partial charge in [0.15, 0.2) is 6.61 Å². The summed E-state index contributed by atoms with van der Waals surface area (Å²) in [6, 6.07) is 14.5. The summed E-state index contributed by atoms with van der Waals surface area (Å²) in [6.07, 6.45) is 0.546. The van der Waals surface area contributed by atoms with Gasteiger partial charge in [0.2, 0.25) is 11.7 Å². The smallest absolute Gasteiger partial charge is 0.418 e. The molecule has 1 N–H and O–H groups in total. The van der Waals surface area contributed by atoms with Crippen molar-refractivity contribution in [1.29, 1.82) is 0 Å². The van der Waals surface area contributed by atoms with Gasteiger partial charge in [0.05, 0.1) is 11.6 Å². The van der Waals surface area contributed by atoms with Gasteiger partial charge in [0.25, 0.3) is 5.91 Å². The highest BCUT2D eigenvalue weighted by molar-refractivity contribution is 6.33. The van der Waals surface area contributed by atoms with E-state index in [4.69, 9.17) is 20.9 Å². The van der Waals surface area contributed by atoms with Gasteiger partial charge in [0, 0.05) is 17.8 Å². The van der Waals surface area contributed by atoms with Crippen LogP contribution in [0.25, 0.3) is 11.4 Å². The van der Waals surface area contributed by atoms with Crippen molar-refractivity contribution in [3.63, 3.8) is 0 Å². The van der Waals surface area contributed by atoms with Gasteiger partial charge in [-0.2, -0.15) is 4.98 Å². The lowest BCUT2D eigenvalue weighted by atomic mass is 10.2. The lowest BCUT2D eigenvalue weighted by Gasteiger charge is -2.21. The molecule has 31 heavy (non-hydrogen) atoms. The van der Waals surface area contributed by atoms with E-state index in [2.05, 4.69) is 15.5 Å². The number of ether oxygens (including phenoxy) is 1. The molecule has 9 heteroatoms. The van der Waals surface area contributed by atoms with Crippen LogP contribution in [0.2, 0.25) is 5.02 Å². The first-order valence-electron chi connectivity index (χ1n) is 9.82. The van der Waals surface area contributed by atoms with E-state index in [1.165, 1.54) is 4.90 Å². The van der Waals surface area contributed by atoms with Gasteiger partial charge in [-0.05, 0) is 37.1 Å². The minimum absolute atomic E-state index is 0.0843. The number of halogens is 1. The summed E-state index contributed by atoms with van der Waals surface area (Å²) in [5.74, 6) is -0.384. The molecular formula is C22H23ClN4O4. The van der Waals surface area contributed by atoms with Crippen LogP contribution in [0.4, 0.5) is 5.69 Å². The molecule has 8 nitrogen and oxygen atoms in total. The molecule has 1 aromatic heterocycles. The molecule has 0 atom stereocenters. The summed E-state index contributed by atoms with van der Waals surface area (Å²) in [7, 11) is 0. The predicted molar refractivity (Wildman–Crippen MR) is 117 cm³/mol. The van der Waals surface area contributed by atoms with E-state index >= 15 is 0 Å². The Hall–Kier alpha value is -3.39. The van der Waals surface area contributed by atoms with Crippen LogP contribution in [0.3, 0.4) is 0 Å². The third-order valence-electron chi connectivity index (χ3n) is 4.44. The molecule has 162 valence electrons. The van der Waals surface area contributed by atoms with E-state index in [0.717, 1.165) is 5.56 Å². The summed E-state index contributed by atoms with van der Waals surface area (Å²) in [5, 5.41) is 7.12. The predicted octanol–water partition coefficient (Wildman–Crippen LogP) is 3.95. The monoisotopic (exact) mass is 442 g/mol. The van der Waals surface area contributed by atoms with E-state index in [0.29, 0.717) is 29.2 Å². The highest BCUT2D eigenvalue weighted by Gasteiger charge is 2.19. The SMILES string of the molecule is CCCN(CC(=O)Nc1ccccc1C)C(=O)COc1nc(-c2ccccc2Cl)no1. The summed E-state index contributed by atoms with van der Waals surface area (Å²) in [4.78, 5) is 30.6. The van der Waals surface area contributed by atoms with Crippen molar-refractivity contribution in [1.82, 2.24) is 15.0 Å². The molecule has 3 aromatic rings. The second kappa shape index (κ2) is 10.6. The zero-order valence-corrected chi connectivity index (χ0v) is 18.1. The number of aromatic nitrogens is 2. The summed E-state index contributed by atoms with van der Waals surface area (Å²) >= 11 is 6.13. The number of nitrogens with zero attached hydrogens (tertiary/aromatic N) is 3. The summed E-state index contributed by atoms with van der Waals surface area (Å²) in [5.41, 5.74) is 2.25. The van der Waals surface area contributed by atoms with Gasteiger partial charge in [-0.3, -0.25) is 14.1 Å². The highest BCUT2D eigenvalue weighted by atomic mass is 35.5. The summed E-state index contributed by atoms with van der Waals surface area (Å²) < 4.78 is 10.4. The normalized spacial score (nSPS) is 10.5. The van der Waals surface area contributed by atoms with Gasteiger partial charge in [0.1, 0.15) is 0 Å². The number of carbonyl (C=O) groups is 2. The number of amides is 2. The second-order valence-corrected chi connectivity index (χ2v) is 7.24. The molecule has 0 aliphatic heterocycles. The van der Waals surface area contributed by atoms with Crippen LogP contribution in [-0.2, 0) is 9.59 Å². The Kier molecular flexibility index (Phi) is 7.61. The fraction of sp³-hybridized carbons (Fsp3) is 0.273. The van der Waals surface area contributed by atoms with E-state index < -0.39 is 0 Å². The molecule has 0 fully saturated rings. The highest BCUT2D eigenvalue weighted by Crippen LogP contribution is 2.26. The Morgan fingerprint density at radius 3 is 2.65 bits per heavy atom. The average Bonchev–Trinajstić information content (AvgIpc) is 3.22. The van der Waals surface area contributed by atoms with Gasteiger partial charge in [-0.15, -0.1) is 0 Å². The first-order chi connectivity index (χ1) is 15.0. The van der Waals surface area contributed by atoms with E-state index in [-0.39, 0.29) is 36.9 Å². The number of rotatable bonds is 9. The summed E-state index contributed by atoms with van der Waals surface area (Å²) in [6.45, 7) is 3.83. The molecule has 0 aliphatic carbocycles. The molecule has 2 aromatic carbocycles. The molecule has 2 amide bonds. The van der Waals surface area contributed by atoms with Crippen molar-refractivity contribution in [2.24, 2.45) is 0 Å². The largest absolute Gasteiger partial charge is 0.439 e. The van der Waals surface area contributed by atoms with Gasteiger partial charge < -0.3 is 15.0 Å². The number of hydrogen-bond acceptors (Lipinski definition) is 6. The molecule has 0 unspecified atom stereocenters. The number of nitrogens with one attached hydrogen (secondary N) is 1. The van der Waals surface area contributed by atoms with Crippen molar-refractivity contribution in [2.75, 3.05) is 25.0 Å². The van der Waals surface area contributed by atoms with E-state index in [1.807, 2.05) is 38.1 Å². The fourth-order valence-corrected chi connectivity index (χ4v) is 3.09. The Bertz CT molecular complexity index is 1050. The number of benzene rings is 2. The van der Waals surface area contributed by atoms with Crippen molar-refractivity contribution in [3.8, 4) is 17.5 Å². The minimum Gasteiger partial charge on any atom is -0.439 e. The number of hydrogen-bond donors (Lipinski definition) is 1. The molecule has 3 rings (SSSR count). The Labute approximate surface area is 185 Å². The number of para-hydroxylation sites is 1. The zero-order valence-electron chi connectivity index (χ0n) is 17.3. The molecule has 0 saturated carbocycles. The lowest BCUT2D eigenvalue weighted by molar-refractivity contribution is -0.136. The van der Waals surface area contributed by atoms with Crippen LogP contribution in [-0.4, -0.2) is 46.6 Å². The standard InChI is InChI=1S/C22H23ClN4O4/c1-3-12-27(13-19(28)24-18-11-7-4-8-15(18)2)20(29)14-30-22-25-21(26-31-22)16-9-5-6-10-17(16)23/h4-11H,3,12-14H2,1-2H3,(H,24,28). The average molecular weight is 443 g/mol. The molecule has 0 saturated heterocycles. The van der Waals surface area contributed by atoms with Crippen molar-refractivity contribution in [3.05, 3.63) is 59.1 Å². The molecule has 0 radical (unpaired) electrons. The van der Waals surface area contributed by atoms with E-state index in [9.17, 15) is 9.59 Å². The lowest BCUT2D eigenvalue weighted by Crippen LogP contribution is -2.41. The minimum atomic E-state index is -0.362. The molecule has 1 heterocycles. The molecule has 0 bridgehead atoms. The Balaban J connectivity index is 1.57. The fourth-order valence-electron chi connectivity index (χ4n) is 2.87. The van der Waals surface area contributed by atoms with Crippen molar-refractivity contribution < 1.29 is 18.8 Å². The number of anilines is 1. The first-order valence-corrected chi connectivity index (χ1v) is 10.2. The Morgan fingerprint density at radius 1 is 1.16 bits per heavy atom.